The molecule has 5 atom stereocenters. The van der Waals surface area contributed by atoms with E-state index in [0.717, 1.165) is 36.9 Å². The van der Waals surface area contributed by atoms with E-state index in [0.29, 0.717) is 18.5 Å². The molecular weight excluding hydrogens is 418 g/mol. The zero-order chi connectivity index (χ0) is 22.9. The van der Waals surface area contributed by atoms with Gasteiger partial charge in [0.05, 0.1) is 12.0 Å². The molecule has 1 saturated heterocycles. The SMILES string of the molecule is O=C(N[C@@H]1CCCC[C@@H]1C(=O)N1CCC2C(C(=O)O)Nc3ccccc3C21)c1ccccc1. The number of anilines is 1. The van der Waals surface area contributed by atoms with E-state index in [1.54, 1.807) is 12.1 Å². The van der Waals surface area contributed by atoms with Crippen LogP contribution in [0.5, 0.6) is 0 Å². The van der Waals surface area contributed by atoms with Gasteiger partial charge < -0.3 is 20.6 Å². The molecule has 33 heavy (non-hydrogen) atoms. The summed E-state index contributed by atoms with van der Waals surface area (Å²) in [7, 11) is 0. The molecule has 2 heterocycles. The molecule has 7 nitrogen and oxygen atoms in total. The van der Waals surface area contributed by atoms with Gasteiger partial charge in [-0.25, -0.2) is 4.79 Å². The predicted octanol–water partition coefficient (Wildman–Crippen LogP) is 3.44. The number of carboxylic acids is 1. The lowest BCUT2D eigenvalue weighted by atomic mass is 9.81. The minimum absolute atomic E-state index is 0.0291. The number of likely N-dealkylation sites (tertiary alicyclic amines) is 1. The molecule has 3 aliphatic rings. The van der Waals surface area contributed by atoms with Crippen molar-refractivity contribution in [2.24, 2.45) is 11.8 Å². The van der Waals surface area contributed by atoms with Crippen LogP contribution in [0.15, 0.2) is 54.6 Å². The molecule has 1 saturated carbocycles. The molecule has 0 aromatic heterocycles. The number of nitrogens with zero attached hydrogens (tertiary/aromatic N) is 1. The predicted molar refractivity (Wildman–Crippen MR) is 124 cm³/mol. The Kier molecular flexibility index (Phi) is 5.79. The van der Waals surface area contributed by atoms with Crippen LogP contribution in [0.1, 0.15) is 54.1 Å². The number of para-hydroxylation sites is 1. The van der Waals surface area contributed by atoms with Crippen LogP contribution in [0.3, 0.4) is 0 Å². The molecule has 172 valence electrons. The smallest absolute Gasteiger partial charge is 0.326 e. The van der Waals surface area contributed by atoms with E-state index in [1.807, 2.05) is 47.4 Å². The van der Waals surface area contributed by atoms with Crippen LogP contribution in [-0.2, 0) is 9.59 Å². The molecule has 3 unspecified atom stereocenters. The van der Waals surface area contributed by atoms with Gasteiger partial charge in [-0.05, 0) is 43.0 Å². The van der Waals surface area contributed by atoms with Gasteiger partial charge in [-0.2, -0.15) is 0 Å². The molecule has 2 fully saturated rings. The van der Waals surface area contributed by atoms with Gasteiger partial charge in [0.25, 0.3) is 5.91 Å². The van der Waals surface area contributed by atoms with E-state index in [4.69, 9.17) is 0 Å². The fourth-order valence-electron chi connectivity index (χ4n) is 5.87. The van der Waals surface area contributed by atoms with E-state index >= 15 is 0 Å². The highest BCUT2D eigenvalue weighted by molar-refractivity contribution is 5.95. The lowest BCUT2D eigenvalue weighted by Gasteiger charge is -2.40. The van der Waals surface area contributed by atoms with Crippen LogP contribution >= 0.6 is 0 Å². The number of amides is 2. The lowest BCUT2D eigenvalue weighted by Crippen LogP contribution is -2.51. The van der Waals surface area contributed by atoms with Crippen molar-refractivity contribution in [3.05, 3.63) is 65.7 Å². The van der Waals surface area contributed by atoms with Crippen LogP contribution in [0.25, 0.3) is 0 Å². The van der Waals surface area contributed by atoms with E-state index < -0.39 is 12.0 Å². The van der Waals surface area contributed by atoms with Crippen molar-refractivity contribution in [1.82, 2.24) is 10.2 Å². The molecule has 3 N–H and O–H groups in total. The second kappa shape index (κ2) is 8.89. The topological polar surface area (TPSA) is 98.7 Å². The zero-order valence-electron chi connectivity index (χ0n) is 18.4. The average Bonchev–Trinajstić information content (AvgIpc) is 3.29. The first-order valence-corrected chi connectivity index (χ1v) is 11.8. The molecule has 0 spiro atoms. The quantitative estimate of drug-likeness (QED) is 0.667. The van der Waals surface area contributed by atoms with Crippen molar-refractivity contribution in [3.8, 4) is 0 Å². The highest BCUT2D eigenvalue weighted by Crippen LogP contribution is 2.47. The number of hydrogen-bond acceptors (Lipinski definition) is 4. The molecule has 2 aliphatic heterocycles. The summed E-state index contributed by atoms with van der Waals surface area (Å²) >= 11 is 0. The van der Waals surface area contributed by atoms with Crippen molar-refractivity contribution in [3.63, 3.8) is 0 Å². The van der Waals surface area contributed by atoms with Gasteiger partial charge in [0.2, 0.25) is 5.91 Å². The zero-order valence-corrected chi connectivity index (χ0v) is 18.4. The highest BCUT2D eigenvalue weighted by atomic mass is 16.4. The molecular formula is C26H29N3O4. The molecule has 2 amide bonds. The Morgan fingerprint density at radius 3 is 2.45 bits per heavy atom. The number of carbonyl (C=O) groups excluding carboxylic acids is 2. The molecule has 7 heteroatoms. The summed E-state index contributed by atoms with van der Waals surface area (Å²) in [4.78, 5) is 40.5. The molecule has 2 aromatic carbocycles. The monoisotopic (exact) mass is 447 g/mol. The molecule has 0 bridgehead atoms. The Bertz CT molecular complexity index is 1060. The first kappa shape index (κ1) is 21.5. The Labute approximate surface area is 193 Å². The minimum Gasteiger partial charge on any atom is -0.480 e. The lowest BCUT2D eigenvalue weighted by molar-refractivity contribution is -0.142. The van der Waals surface area contributed by atoms with Gasteiger partial charge in [-0.1, -0.05) is 49.2 Å². The maximum atomic E-state index is 13.9. The Hall–Kier alpha value is -3.35. The summed E-state index contributed by atoms with van der Waals surface area (Å²) in [5.74, 6) is -1.49. The summed E-state index contributed by atoms with van der Waals surface area (Å²) in [5.41, 5.74) is 2.35. The third-order valence-electron chi connectivity index (χ3n) is 7.45. The fraction of sp³-hybridized carbons (Fsp3) is 0.423. The summed E-state index contributed by atoms with van der Waals surface area (Å²) in [6.07, 6.45) is 4.07. The van der Waals surface area contributed by atoms with Crippen molar-refractivity contribution in [1.29, 1.82) is 0 Å². The molecule has 2 aromatic rings. The molecule has 5 rings (SSSR count). The van der Waals surface area contributed by atoms with Gasteiger partial charge in [-0.15, -0.1) is 0 Å². The van der Waals surface area contributed by atoms with Gasteiger partial charge in [0.15, 0.2) is 0 Å². The average molecular weight is 448 g/mol. The van der Waals surface area contributed by atoms with Crippen molar-refractivity contribution < 1.29 is 19.5 Å². The van der Waals surface area contributed by atoms with Crippen LogP contribution in [0.2, 0.25) is 0 Å². The van der Waals surface area contributed by atoms with Gasteiger partial charge in [0.1, 0.15) is 6.04 Å². The standard InChI is InChI=1S/C26H29N3O4/c30-24(16-8-2-1-3-9-16)28-21-13-7-5-11-18(21)25(31)29-15-14-19-22(26(32)33)27-20-12-6-4-10-17(20)23(19)29/h1-4,6,8-10,12,18-19,21-23,27H,5,7,11,13-15H2,(H,28,30)(H,32,33)/t18-,19?,21+,22?,23?/m0/s1. The number of carboxylic acid groups (broad SMARTS) is 1. The normalized spacial score (nSPS) is 28.2. The number of rotatable bonds is 4. The summed E-state index contributed by atoms with van der Waals surface area (Å²) in [5, 5.41) is 16.1. The van der Waals surface area contributed by atoms with Crippen molar-refractivity contribution >= 4 is 23.5 Å². The van der Waals surface area contributed by atoms with Gasteiger partial charge in [-0.3, -0.25) is 9.59 Å². The summed E-state index contributed by atoms with van der Waals surface area (Å²) in [6, 6.07) is 15.6. The fourth-order valence-corrected chi connectivity index (χ4v) is 5.87. The van der Waals surface area contributed by atoms with E-state index in [9.17, 15) is 19.5 Å². The van der Waals surface area contributed by atoms with E-state index in [1.165, 1.54) is 0 Å². The van der Waals surface area contributed by atoms with Crippen molar-refractivity contribution in [2.75, 3.05) is 11.9 Å². The third kappa shape index (κ3) is 3.96. The number of nitrogens with one attached hydrogen (secondary N) is 2. The minimum atomic E-state index is -0.889. The second-order valence-corrected chi connectivity index (χ2v) is 9.31. The summed E-state index contributed by atoms with van der Waals surface area (Å²) in [6.45, 7) is 0.532. The Morgan fingerprint density at radius 1 is 0.939 bits per heavy atom. The largest absolute Gasteiger partial charge is 0.480 e. The van der Waals surface area contributed by atoms with Crippen LogP contribution < -0.4 is 10.6 Å². The Balaban J connectivity index is 1.40. The maximum absolute atomic E-state index is 13.9. The number of hydrogen-bond donors (Lipinski definition) is 3. The van der Waals surface area contributed by atoms with Crippen LogP contribution in [0.4, 0.5) is 5.69 Å². The second-order valence-electron chi connectivity index (χ2n) is 9.31. The van der Waals surface area contributed by atoms with Gasteiger partial charge >= 0.3 is 5.97 Å². The molecule has 0 radical (unpaired) electrons. The number of aliphatic carboxylic acids is 1. The number of benzene rings is 2. The third-order valence-corrected chi connectivity index (χ3v) is 7.45. The number of fused-ring (bicyclic) bond motifs is 3. The highest BCUT2D eigenvalue weighted by Gasteiger charge is 2.50. The van der Waals surface area contributed by atoms with Crippen LogP contribution in [0, 0.1) is 11.8 Å². The van der Waals surface area contributed by atoms with Crippen molar-refractivity contribution in [2.45, 2.75) is 50.2 Å². The van der Waals surface area contributed by atoms with E-state index in [-0.39, 0.29) is 35.7 Å². The number of carbonyl (C=O) groups is 3. The Morgan fingerprint density at radius 2 is 1.67 bits per heavy atom. The maximum Gasteiger partial charge on any atom is 0.326 e. The van der Waals surface area contributed by atoms with Crippen LogP contribution in [-0.4, -0.2) is 46.4 Å². The first-order valence-electron chi connectivity index (χ1n) is 11.8. The first-order chi connectivity index (χ1) is 16.0. The molecule has 1 aliphatic carbocycles. The van der Waals surface area contributed by atoms with E-state index in [2.05, 4.69) is 10.6 Å². The van der Waals surface area contributed by atoms with Gasteiger partial charge in [0, 0.05) is 29.8 Å². The summed E-state index contributed by atoms with van der Waals surface area (Å²) < 4.78 is 0.